The number of amides is 1. The molecule has 0 aromatic heterocycles. The van der Waals surface area contributed by atoms with Gasteiger partial charge in [0.2, 0.25) is 5.88 Å². The number of hydrogen-bond donors (Lipinski definition) is 1. The second-order valence-corrected chi connectivity index (χ2v) is 11.6. The number of nitrogens with zero attached hydrogens (tertiary/aromatic N) is 2. The number of hydrogen-bond acceptors (Lipinski definition) is 8. The number of oxime groups is 1. The third kappa shape index (κ3) is 6.80. The molecule has 1 unspecified atom stereocenters. The lowest BCUT2D eigenvalue weighted by Crippen LogP contribution is -2.41. The fourth-order valence-electron chi connectivity index (χ4n) is 1.52. The van der Waals surface area contributed by atoms with Gasteiger partial charge in [-0.05, 0) is 36.0 Å². The molecule has 140 valence electrons. The molecule has 0 aromatic rings. The monoisotopic (exact) mass is 417 g/mol. The van der Waals surface area contributed by atoms with Gasteiger partial charge in [0.1, 0.15) is 5.04 Å². The van der Waals surface area contributed by atoms with Crippen molar-refractivity contribution in [2.24, 2.45) is 10.6 Å². The van der Waals surface area contributed by atoms with Gasteiger partial charge in [0.15, 0.2) is 0 Å². The van der Waals surface area contributed by atoms with Gasteiger partial charge in [-0.2, -0.15) is 0 Å². The first kappa shape index (κ1) is 22.2. The Labute approximate surface area is 155 Å². The SMILES string of the molecule is CCN([S+]([O-])CNC(=O)ON=C(C)SC)P1(=S)OCC(C)(C)CO1. The highest BCUT2D eigenvalue weighted by Gasteiger charge is 2.42. The third-order valence-corrected chi connectivity index (χ3v) is 9.16. The molecule has 0 aromatic carbocycles. The minimum absolute atomic E-state index is 0.127. The molecule has 0 aliphatic carbocycles. The van der Waals surface area contributed by atoms with Crippen LogP contribution in [0.25, 0.3) is 0 Å². The molecule has 0 bridgehead atoms. The largest absolute Gasteiger partial charge is 0.596 e. The Morgan fingerprint density at radius 3 is 2.62 bits per heavy atom. The van der Waals surface area contributed by atoms with Gasteiger partial charge in [-0.15, -0.1) is 11.8 Å². The minimum atomic E-state index is -2.81. The van der Waals surface area contributed by atoms with Gasteiger partial charge in [0.25, 0.3) is 0 Å². The van der Waals surface area contributed by atoms with Crippen molar-refractivity contribution >= 4 is 52.7 Å². The zero-order valence-electron chi connectivity index (χ0n) is 14.4. The fraction of sp³-hybridized carbons (Fsp3) is 0.833. The summed E-state index contributed by atoms with van der Waals surface area (Å²) in [5.41, 5.74) is -0.127. The molecule has 1 heterocycles. The first-order valence-electron chi connectivity index (χ1n) is 7.22. The average molecular weight is 418 g/mol. The summed E-state index contributed by atoms with van der Waals surface area (Å²) < 4.78 is 25.4. The summed E-state index contributed by atoms with van der Waals surface area (Å²) in [6, 6.07) is 0. The predicted molar refractivity (Wildman–Crippen MR) is 102 cm³/mol. The Morgan fingerprint density at radius 2 is 2.12 bits per heavy atom. The van der Waals surface area contributed by atoms with Crippen molar-refractivity contribution in [3.8, 4) is 0 Å². The van der Waals surface area contributed by atoms with Gasteiger partial charge in [-0.25, -0.2) is 4.79 Å². The molecule has 12 heteroatoms. The lowest BCUT2D eigenvalue weighted by molar-refractivity contribution is 0.0501. The van der Waals surface area contributed by atoms with E-state index in [1.165, 1.54) is 15.8 Å². The van der Waals surface area contributed by atoms with E-state index in [9.17, 15) is 9.35 Å². The van der Waals surface area contributed by atoms with E-state index in [4.69, 9.17) is 20.9 Å². The molecule has 8 nitrogen and oxygen atoms in total. The molecule has 1 saturated heterocycles. The second-order valence-electron chi connectivity index (χ2n) is 5.68. The maximum Gasteiger partial charge on any atom is 0.437 e. The lowest BCUT2D eigenvalue weighted by Gasteiger charge is -2.40. The van der Waals surface area contributed by atoms with Crippen LogP contribution in [0.4, 0.5) is 4.79 Å². The van der Waals surface area contributed by atoms with Gasteiger partial charge in [-0.3, -0.25) is 10.2 Å². The number of carbonyl (C=O) groups excluding carboxylic acids is 1. The molecule has 0 radical (unpaired) electrons. The van der Waals surface area contributed by atoms with Crippen molar-refractivity contribution in [1.29, 1.82) is 0 Å². The van der Waals surface area contributed by atoms with Gasteiger partial charge < -0.3 is 13.6 Å². The highest BCUT2D eigenvalue weighted by molar-refractivity contribution is 8.13. The van der Waals surface area contributed by atoms with E-state index >= 15 is 0 Å². The van der Waals surface area contributed by atoms with Crippen LogP contribution in [0.2, 0.25) is 0 Å². The topological polar surface area (TPSA) is 95.5 Å². The van der Waals surface area contributed by atoms with Crippen molar-refractivity contribution in [2.45, 2.75) is 27.7 Å². The summed E-state index contributed by atoms with van der Waals surface area (Å²) in [6.07, 6.45) is 1.03. The third-order valence-electron chi connectivity index (χ3n) is 2.91. The first-order chi connectivity index (χ1) is 11.1. The summed E-state index contributed by atoms with van der Waals surface area (Å²) in [4.78, 5) is 16.2. The Hall–Kier alpha value is 0.130. The number of thioether (sulfide) groups is 1. The Bertz CT molecular complexity index is 506. The van der Waals surface area contributed by atoms with Crippen LogP contribution in [0.5, 0.6) is 0 Å². The van der Waals surface area contributed by atoms with Crippen molar-refractivity contribution in [3.63, 3.8) is 0 Å². The number of rotatable bonds is 6. The van der Waals surface area contributed by atoms with E-state index in [1.807, 2.05) is 27.0 Å². The fourth-order valence-corrected chi connectivity index (χ4v) is 6.69. The molecule has 0 saturated carbocycles. The highest BCUT2D eigenvalue weighted by atomic mass is 32.5. The van der Waals surface area contributed by atoms with E-state index in [2.05, 4.69) is 15.3 Å². The standard InChI is InChI=1S/C12H24N3O5PS3/c1-6-15(21(22)18-7-12(3,4)8-19-21)24(17)9-13-11(16)20-14-10(2)23-5/h6-9H2,1-5H3,(H,13,16). The normalized spacial score (nSPS) is 21.4. The van der Waals surface area contributed by atoms with Gasteiger partial charge in [0.05, 0.1) is 31.1 Å². The van der Waals surface area contributed by atoms with Crippen molar-refractivity contribution in [1.82, 2.24) is 9.39 Å². The predicted octanol–water partition coefficient (Wildman–Crippen LogP) is 2.65. The molecule has 0 spiro atoms. The molecule has 1 fully saturated rings. The highest BCUT2D eigenvalue weighted by Crippen LogP contribution is 2.58. The van der Waals surface area contributed by atoms with Gasteiger partial charge in [-0.1, -0.05) is 19.0 Å². The van der Waals surface area contributed by atoms with Crippen LogP contribution in [-0.4, -0.2) is 51.7 Å². The minimum Gasteiger partial charge on any atom is -0.596 e. The van der Waals surface area contributed by atoms with Crippen molar-refractivity contribution in [2.75, 3.05) is 31.9 Å². The van der Waals surface area contributed by atoms with E-state index in [0.717, 1.165) is 0 Å². The molecular formula is C12H24N3O5PS3. The van der Waals surface area contributed by atoms with E-state index in [-0.39, 0.29) is 11.3 Å². The van der Waals surface area contributed by atoms with Crippen LogP contribution in [0.15, 0.2) is 5.16 Å². The number of nitrogens with one attached hydrogen (secondary N) is 1. The van der Waals surface area contributed by atoms with Crippen LogP contribution in [0.1, 0.15) is 27.7 Å². The van der Waals surface area contributed by atoms with Crippen LogP contribution < -0.4 is 5.32 Å². The molecule has 1 aliphatic rings. The second kappa shape index (κ2) is 9.72. The Kier molecular flexibility index (Phi) is 8.98. The zero-order valence-corrected chi connectivity index (χ0v) is 17.8. The van der Waals surface area contributed by atoms with Crippen molar-refractivity contribution in [3.05, 3.63) is 0 Å². The van der Waals surface area contributed by atoms with E-state index < -0.39 is 24.1 Å². The summed E-state index contributed by atoms with van der Waals surface area (Å²) >= 11 is 5.22. The van der Waals surface area contributed by atoms with Crippen molar-refractivity contribution < 1.29 is 23.2 Å². The molecule has 1 atom stereocenters. The van der Waals surface area contributed by atoms with E-state index in [0.29, 0.717) is 24.8 Å². The maximum absolute atomic E-state index is 12.5. The van der Waals surface area contributed by atoms with Crippen LogP contribution in [0.3, 0.4) is 0 Å². The smallest absolute Gasteiger partial charge is 0.437 e. The molecule has 1 amide bonds. The first-order valence-corrected chi connectivity index (χ1v) is 12.3. The molecule has 1 rings (SSSR count). The lowest BCUT2D eigenvalue weighted by atomic mass is 9.97. The number of carbonyl (C=O) groups is 1. The summed E-state index contributed by atoms with van der Waals surface area (Å²) in [7, 11) is 0. The van der Waals surface area contributed by atoms with Gasteiger partial charge in [0, 0.05) is 5.41 Å². The van der Waals surface area contributed by atoms with Crippen LogP contribution >= 0.6 is 18.4 Å². The van der Waals surface area contributed by atoms with Gasteiger partial charge >= 0.3 is 12.7 Å². The van der Waals surface area contributed by atoms with E-state index in [1.54, 1.807) is 6.92 Å². The Balaban J connectivity index is 2.56. The summed E-state index contributed by atoms with van der Waals surface area (Å²) in [5, 5.41) is 6.59. The molecule has 1 N–H and O–H groups in total. The van der Waals surface area contributed by atoms with Crippen LogP contribution in [-0.2, 0) is 37.1 Å². The summed E-state index contributed by atoms with van der Waals surface area (Å²) in [5.74, 6) is -0.158. The average Bonchev–Trinajstić information content (AvgIpc) is 2.54. The maximum atomic E-state index is 12.5. The Morgan fingerprint density at radius 1 is 1.54 bits per heavy atom. The molecule has 1 aliphatic heterocycles. The molecule has 24 heavy (non-hydrogen) atoms. The molecular weight excluding hydrogens is 393 g/mol. The zero-order chi connectivity index (χ0) is 18.4. The van der Waals surface area contributed by atoms with Crippen LogP contribution in [0, 0.1) is 5.41 Å². The quantitative estimate of drug-likeness (QED) is 0.176. The summed E-state index contributed by atoms with van der Waals surface area (Å²) in [6.45, 7) is 5.98.